The number of hydrogen-bond donors (Lipinski definition) is 1. The van der Waals surface area contributed by atoms with Crippen molar-refractivity contribution >= 4 is 23.2 Å². The van der Waals surface area contributed by atoms with Crippen LogP contribution in [-0.2, 0) is 11.8 Å². The largest absolute Gasteiger partial charge is 0.321 e. The van der Waals surface area contributed by atoms with Crippen LogP contribution in [0.25, 0.3) is 0 Å². The summed E-state index contributed by atoms with van der Waals surface area (Å²) in [7, 11) is 1.67. The van der Waals surface area contributed by atoms with Gasteiger partial charge >= 0.3 is 0 Å². The summed E-state index contributed by atoms with van der Waals surface area (Å²) in [5.41, 5.74) is 2.08. The number of benzene rings is 1. The lowest BCUT2D eigenvalue weighted by molar-refractivity contribution is -0.117. The number of carbonyl (C=O) groups excluding carboxylic acids is 1. The number of carbonyl (C=O) groups is 1. The van der Waals surface area contributed by atoms with Crippen molar-refractivity contribution in [3.63, 3.8) is 0 Å². The minimum atomic E-state index is -0.183. The van der Waals surface area contributed by atoms with Crippen LogP contribution in [0.2, 0.25) is 5.02 Å². The van der Waals surface area contributed by atoms with Gasteiger partial charge in [0, 0.05) is 24.2 Å². The van der Waals surface area contributed by atoms with Gasteiger partial charge in [-0.1, -0.05) is 23.7 Å². The lowest BCUT2D eigenvalue weighted by Gasteiger charge is -2.09. The smallest absolute Gasteiger partial charge is 0.274 e. The lowest BCUT2D eigenvalue weighted by atomic mass is 10.1. The number of aromatic nitrogens is 1. The molecule has 0 radical (unpaired) electrons. The maximum atomic E-state index is 12.4. The molecule has 3 rings (SSSR count). The predicted molar refractivity (Wildman–Crippen MR) is 87.3 cm³/mol. The van der Waals surface area contributed by atoms with E-state index < -0.39 is 0 Å². The first-order valence-corrected chi connectivity index (χ1v) is 7.57. The summed E-state index contributed by atoms with van der Waals surface area (Å²) in [5.74, 6) is 0.0435. The SMILES string of the molecule is Cc1ccn(C)c(=O)c1NC(=O)C1CC1c1ccc(Cl)cc1. The third kappa shape index (κ3) is 2.79. The van der Waals surface area contributed by atoms with Gasteiger partial charge in [0.2, 0.25) is 5.91 Å². The van der Waals surface area contributed by atoms with E-state index in [4.69, 9.17) is 11.6 Å². The molecule has 1 aromatic heterocycles. The van der Waals surface area contributed by atoms with Gasteiger partial charge in [0.15, 0.2) is 0 Å². The summed E-state index contributed by atoms with van der Waals surface area (Å²) in [6.45, 7) is 1.82. The average molecular weight is 317 g/mol. The molecule has 1 saturated carbocycles. The highest BCUT2D eigenvalue weighted by Crippen LogP contribution is 2.48. The highest BCUT2D eigenvalue weighted by atomic mass is 35.5. The minimum absolute atomic E-state index is 0.0783. The molecule has 114 valence electrons. The second-order valence-electron chi connectivity index (χ2n) is 5.78. The topological polar surface area (TPSA) is 51.1 Å². The van der Waals surface area contributed by atoms with E-state index in [1.54, 1.807) is 13.2 Å². The molecule has 2 unspecified atom stereocenters. The quantitative estimate of drug-likeness (QED) is 0.946. The molecule has 0 saturated heterocycles. The summed E-state index contributed by atoms with van der Waals surface area (Å²) in [5, 5.41) is 3.48. The molecule has 0 spiro atoms. The summed E-state index contributed by atoms with van der Waals surface area (Å²) in [4.78, 5) is 24.4. The maximum Gasteiger partial charge on any atom is 0.274 e. The number of halogens is 1. The van der Waals surface area contributed by atoms with Gasteiger partial charge in [-0.15, -0.1) is 0 Å². The first-order chi connectivity index (χ1) is 10.5. The van der Waals surface area contributed by atoms with Crippen LogP contribution in [0.15, 0.2) is 41.3 Å². The normalized spacial score (nSPS) is 19.8. The van der Waals surface area contributed by atoms with Crippen LogP contribution in [0.1, 0.15) is 23.5 Å². The molecule has 0 bridgehead atoms. The number of hydrogen-bond acceptors (Lipinski definition) is 2. The van der Waals surface area contributed by atoms with E-state index in [1.165, 1.54) is 4.57 Å². The van der Waals surface area contributed by atoms with E-state index in [0.29, 0.717) is 10.7 Å². The fourth-order valence-electron chi connectivity index (χ4n) is 2.65. The van der Waals surface area contributed by atoms with Gasteiger partial charge in [0.25, 0.3) is 5.56 Å². The summed E-state index contributed by atoms with van der Waals surface area (Å²) in [6.07, 6.45) is 2.50. The highest BCUT2D eigenvalue weighted by molar-refractivity contribution is 6.30. The number of aryl methyl sites for hydroxylation is 2. The molecule has 1 amide bonds. The van der Waals surface area contributed by atoms with Crippen LogP contribution in [0, 0.1) is 12.8 Å². The molecular weight excluding hydrogens is 300 g/mol. The number of anilines is 1. The van der Waals surface area contributed by atoms with E-state index in [2.05, 4.69) is 5.32 Å². The summed E-state index contributed by atoms with van der Waals surface area (Å²) < 4.78 is 1.46. The van der Waals surface area contributed by atoms with Crippen molar-refractivity contribution in [2.75, 3.05) is 5.32 Å². The van der Waals surface area contributed by atoms with E-state index in [-0.39, 0.29) is 23.3 Å². The average Bonchev–Trinajstić information content (AvgIpc) is 3.29. The second-order valence-corrected chi connectivity index (χ2v) is 6.22. The van der Waals surface area contributed by atoms with Crippen LogP contribution in [0.4, 0.5) is 5.69 Å². The van der Waals surface area contributed by atoms with Gasteiger partial charge in [0.1, 0.15) is 5.69 Å². The number of pyridine rings is 1. The Kier molecular flexibility index (Phi) is 3.79. The summed E-state index contributed by atoms with van der Waals surface area (Å²) in [6, 6.07) is 9.39. The Morgan fingerprint density at radius 2 is 1.95 bits per heavy atom. The molecule has 22 heavy (non-hydrogen) atoms. The molecule has 5 heteroatoms. The van der Waals surface area contributed by atoms with Gasteiger partial charge in [-0.25, -0.2) is 0 Å². The van der Waals surface area contributed by atoms with Crippen molar-refractivity contribution < 1.29 is 4.79 Å². The Morgan fingerprint density at radius 1 is 1.27 bits per heavy atom. The molecule has 0 aliphatic heterocycles. The van der Waals surface area contributed by atoms with Crippen LogP contribution < -0.4 is 10.9 Å². The Bertz CT molecular complexity index is 780. The highest BCUT2D eigenvalue weighted by Gasteiger charge is 2.44. The molecule has 4 nitrogen and oxygen atoms in total. The first-order valence-electron chi connectivity index (χ1n) is 7.20. The number of nitrogens with one attached hydrogen (secondary N) is 1. The zero-order valence-electron chi connectivity index (χ0n) is 12.5. The lowest BCUT2D eigenvalue weighted by Crippen LogP contribution is -2.26. The third-order valence-corrected chi connectivity index (χ3v) is 4.40. The van der Waals surface area contributed by atoms with Crippen LogP contribution in [0.3, 0.4) is 0 Å². The zero-order chi connectivity index (χ0) is 15.9. The standard InChI is InChI=1S/C17H17ClN2O2/c1-10-7-8-20(2)17(22)15(10)19-16(21)14-9-13(14)11-3-5-12(18)6-4-11/h3-8,13-14H,9H2,1-2H3,(H,19,21). The van der Waals surface area contributed by atoms with Crippen molar-refractivity contribution in [2.24, 2.45) is 13.0 Å². The number of rotatable bonds is 3. The van der Waals surface area contributed by atoms with E-state index in [0.717, 1.165) is 17.5 Å². The molecule has 1 aliphatic rings. The number of nitrogens with zero attached hydrogens (tertiary/aromatic N) is 1. The van der Waals surface area contributed by atoms with Crippen LogP contribution in [-0.4, -0.2) is 10.5 Å². The zero-order valence-corrected chi connectivity index (χ0v) is 13.2. The number of amides is 1. The van der Waals surface area contributed by atoms with Crippen molar-refractivity contribution in [3.05, 3.63) is 63.0 Å². The third-order valence-electron chi connectivity index (χ3n) is 4.15. The molecule has 2 aromatic rings. The predicted octanol–water partition coefficient (Wildman–Crippen LogP) is 3.09. The van der Waals surface area contributed by atoms with Gasteiger partial charge in [-0.3, -0.25) is 9.59 Å². The first kappa shape index (κ1) is 14.9. The van der Waals surface area contributed by atoms with Crippen molar-refractivity contribution in [1.82, 2.24) is 4.57 Å². The van der Waals surface area contributed by atoms with Crippen LogP contribution >= 0.6 is 11.6 Å². The van der Waals surface area contributed by atoms with E-state index >= 15 is 0 Å². The molecular formula is C17H17ClN2O2. The Hall–Kier alpha value is -2.07. The molecule has 1 aliphatic carbocycles. The van der Waals surface area contributed by atoms with Gasteiger partial charge in [-0.2, -0.15) is 0 Å². The maximum absolute atomic E-state index is 12.4. The summed E-state index contributed by atoms with van der Waals surface area (Å²) >= 11 is 5.88. The van der Waals surface area contributed by atoms with Crippen LogP contribution in [0.5, 0.6) is 0 Å². The Morgan fingerprint density at radius 3 is 2.64 bits per heavy atom. The van der Waals surface area contributed by atoms with Gasteiger partial charge < -0.3 is 9.88 Å². The van der Waals surface area contributed by atoms with Crippen molar-refractivity contribution in [1.29, 1.82) is 0 Å². The monoisotopic (exact) mass is 316 g/mol. The van der Waals surface area contributed by atoms with Gasteiger partial charge in [-0.05, 0) is 48.6 Å². The fourth-order valence-corrected chi connectivity index (χ4v) is 2.78. The van der Waals surface area contributed by atoms with E-state index in [9.17, 15) is 9.59 Å². The molecule has 1 heterocycles. The molecule has 2 atom stereocenters. The second kappa shape index (κ2) is 5.61. The Balaban J connectivity index is 1.74. The molecule has 1 N–H and O–H groups in total. The Labute approximate surface area is 133 Å². The molecule has 1 fully saturated rings. The van der Waals surface area contributed by atoms with Crippen molar-refractivity contribution in [3.8, 4) is 0 Å². The van der Waals surface area contributed by atoms with Crippen molar-refractivity contribution in [2.45, 2.75) is 19.3 Å². The van der Waals surface area contributed by atoms with Gasteiger partial charge in [0.05, 0.1) is 0 Å². The fraction of sp³-hybridized carbons (Fsp3) is 0.294. The minimum Gasteiger partial charge on any atom is -0.321 e. The molecule has 1 aromatic carbocycles. The van der Waals surface area contributed by atoms with E-state index in [1.807, 2.05) is 37.3 Å².